The van der Waals surface area contributed by atoms with E-state index in [-0.39, 0.29) is 11.1 Å². The van der Waals surface area contributed by atoms with Crippen molar-refractivity contribution < 1.29 is 14.3 Å². The quantitative estimate of drug-likeness (QED) is 0.841. The van der Waals surface area contributed by atoms with Gasteiger partial charge < -0.3 is 14.1 Å². The van der Waals surface area contributed by atoms with Gasteiger partial charge in [-0.3, -0.25) is 4.79 Å². The largest absolute Gasteiger partial charge is 0.478 e. The normalized spacial score (nSPS) is 10.2. The van der Waals surface area contributed by atoms with Crippen LogP contribution in [0.3, 0.4) is 0 Å². The molecule has 2 aromatic rings. The highest BCUT2D eigenvalue weighted by atomic mass is 16.4. The SMILES string of the molecule is O=C(O)c1ccn(Cc2ccco2)c(=O)c1. The summed E-state index contributed by atoms with van der Waals surface area (Å²) in [5.41, 5.74) is -0.378. The number of aromatic carboxylic acids is 1. The first-order chi connectivity index (χ1) is 7.66. The van der Waals surface area contributed by atoms with Crippen LogP contribution in [-0.2, 0) is 6.54 Å². The van der Waals surface area contributed by atoms with Crippen LogP contribution >= 0.6 is 0 Å². The number of carboxylic acids is 1. The lowest BCUT2D eigenvalue weighted by molar-refractivity contribution is 0.0696. The minimum atomic E-state index is -1.11. The molecule has 82 valence electrons. The van der Waals surface area contributed by atoms with Gasteiger partial charge in [-0.25, -0.2) is 4.79 Å². The van der Waals surface area contributed by atoms with Gasteiger partial charge >= 0.3 is 5.97 Å². The highest BCUT2D eigenvalue weighted by Crippen LogP contribution is 2.02. The van der Waals surface area contributed by atoms with Crippen molar-refractivity contribution in [1.82, 2.24) is 4.57 Å². The molecular weight excluding hydrogens is 210 g/mol. The zero-order valence-electron chi connectivity index (χ0n) is 8.29. The number of hydrogen-bond donors (Lipinski definition) is 1. The standard InChI is InChI=1S/C11H9NO4/c13-10-6-8(11(14)15)3-4-12(10)7-9-2-1-5-16-9/h1-6H,7H2,(H,14,15). The minimum absolute atomic E-state index is 0.0132. The summed E-state index contributed by atoms with van der Waals surface area (Å²) in [7, 11) is 0. The van der Waals surface area contributed by atoms with Crippen LogP contribution in [0.5, 0.6) is 0 Å². The maximum atomic E-state index is 11.5. The molecule has 0 aliphatic rings. The monoisotopic (exact) mass is 219 g/mol. The van der Waals surface area contributed by atoms with Gasteiger partial charge in [0.1, 0.15) is 5.76 Å². The Morgan fingerprint density at radius 1 is 1.44 bits per heavy atom. The van der Waals surface area contributed by atoms with Gasteiger partial charge in [-0.05, 0) is 18.2 Å². The first-order valence-electron chi connectivity index (χ1n) is 4.63. The van der Waals surface area contributed by atoms with E-state index in [1.54, 1.807) is 12.1 Å². The van der Waals surface area contributed by atoms with E-state index in [9.17, 15) is 9.59 Å². The topological polar surface area (TPSA) is 72.4 Å². The third kappa shape index (κ3) is 2.03. The molecule has 0 unspecified atom stereocenters. The molecule has 2 aromatic heterocycles. The van der Waals surface area contributed by atoms with E-state index in [1.807, 2.05) is 0 Å². The first-order valence-corrected chi connectivity index (χ1v) is 4.63. The molecular formula is C11H9NO4. The Morgan fingerprint density at radius 2 is 2.25 bits per heavy atom. The molecule has 1 N–H and O–H groups in total. The predicted molar refractivity (Wildman–Crippen MR) is 55.5 cm³/mol. The van der Waals surface area contributed by atoms with Gasteiger partial charge in [-0.1, -0.05) is 0 Å². The molecule has 0 saturated carbocycles. The average Bonchev–Trinajstić information content (AvgIpc) is 2.73. The Bertz CT molecular complexity index is 554. The summed E-state index contributed by atoms with van der Waals surface area (Å²) >= 11 is 0. The zero-order chi connectivity index (χ0) is 11.5. The van der Waals surface area contributed by atoms with E-state index >= 15 is 0 Å². The highest BCUT2D eigenvalue weighted by Gasteiger charge is 2.05. The summed E-state index contributed by atoms with van der Waals surface area (Å²) in [6.07, 6.45) is 2.96. The number of rotatable bonds is 3. The fraction of sp³-hybridized carbons (Fsp3) is 0.0909. The first kappa shape index (κ1) is 10.2. The summed E-state index contributed by atoms with van der Waals surface area (Å²) in [4.78, 5) is 22.1. The molecule has 0 aliphatic heterocycles. The van der Waals surface area contributed by atoms with Crippen LogP contribution in [0.1, 0.15) is 16.1 Å². The van der Waals surface area contributed by atoms with E-state index in [0.717, 1.165) is 6.07 Å². The molecule has 16 heavy (non-hydrogen) atoms. The van der Waals surface area contributed by atoms with Crippen molar-refractivity contribution in [3.05, 3.63) is 58.4 Å². The number of hydrogen-bond acceptors (Lipinski definition) is 3. The number of nitrogens with zero attached hydrogens (tertiary/aromatic N) is 1. The van der Waals surface area contributed by atoms with E-state index in [4.69, 9.17) is 9.52 Å². The zero-order valence-corrected chi connectivity index (χ0v) is 8.29. The number of pyridine rings is 1. The van der Waals surface area contributed by atoms with Crippen LogP contribution in [0, 0.1) is 0 Å². The van der Waals surface area contributed by atoms with Crippen LogP contribution in [0.15, 0.2) is 45.9 Å². The summed E-state index contributed by atoms with van der Waals surface area (Å²) in [6, 6.07) is 5.95. The predicted octanol–water partition coefficient (Wildman–Crippen LogP) is 1.19. The molecule has 0 spiro atoms. The molecule has 2 rings (SSSR count). The van der Waals surface area contributed by atoms with Crippen molar-refractivity contribution in [2.24, 2.45) is 0 Å². The lowest BCUT2D eigenvalue weighted by Crippen LogP contribution is -2.20. The van der Waals surface area contributed by atoms with Crippen molar-refractivity contribution in [2.75, 3.05) is 0 Å². The highest BCUT2D eigenvalue weighted by molar-refractivity contribution is 5.87. The van der Waals surface area contributed by atoms with Gasteiger partial charge in [0, 0.05) is 12.3 Å². The maximum absolute atomic E-state index is 11.5. The van der Waals surface area contributed by atoms with Crippen LogP contribution in [0.25, 0.3) is 0 Å². The molecule has 2 heterocycles. The van der Waals surface area contributed by atoms with Gasteiger partial charge in [-0.15, -0.1) is 0 Å². The molecule has 0 bridgehead atoms. The Morgan fingerprint density at radius 3 is 2.81 bits per heavy atom. The fourth-order valence-electron chi connectivity index (χ4n) is 1.34. The number of carbonyl (C=O) groups is 1. The Labute approximate surface area is 90.6 Å². The summed E-state index contributed by atoms with van der Waals surface area (Å²) in [6.45, 7) is 0.297. The second-order valence-corrected chi connectivity index (χ2v) is 3.27. The molecule has 0 fully saturated rings. The molecule has 0 radical (unpaired) electrons. The van der Waals surface area contributed by atoms with Crippen molar-refractivity contribution in [3.63, 3.8) is 0 Å². The van der Waals surface area contributed by atoms with Gasteiger partial charge in [-0.2, -0.15) is 0 Å². The van der Waals surface area contributed by atoms with E-state index in [0.29, 0.717) is 12.3 Å². The summed E-state index contributed by atoms with van der Waals surface area (Å²) < 4.78 is 6.47. The lowest BCUT2D eigenvalue weighted by Gasteiger charge is -2.02. The molecule has 0 aliphatic carbocycles. The lowest BCUT2D eigenvalue weighted by atomic mass is 10.2. The van der Waals surface area contributed by atoms with Crippen molar-refractivity contribution in [1.29, 1.82) is 0 Å². The van der Waals surface area contributed by atoms with Crippen LogP contribution in [-0.4, -0.2) is 15.6 Å². The number of carboxylic acid groups (broad SMARTS) is 1. The van der Waals surface area contributed by atoms with Crippen molar-refractivity contribution in [3.8, 4) is 0 Å². The molecule has 0 amide bonds. The number of furan rings is 1. The molecule has 0 aromatic carbocycles. The Kier molecular flexibility index (Phi) is 2.59. The van der Waals surface area contributed by atoms with E-state index < -0.39 is 5.97 Å². The molecule has 5 nitrogen and oxygen atoms in total. The van der Waals surface area contributed by atoms with Gasteiger partial charge in [0.2, 0.25) is 0 Å². The summed E-state index contributed by atoms with van der Waals surface area (Å²) in [5, 5.41) is 8.69. The summed E-state index contributed by atoms with van der Waals surface area (Å²) in [5.74, 6) is -0.465. The minimum Gasteiger partial charge on any atom is -0.478 e. The average molecular weight is 219 g/mol. The van der Waals surface area contributed by atoms with Crippen LogP contribution in [0.2, 0.25) is 0 Å². The molecule has 5 heteroatoms. The second kappa shape index (κ2) is 4.06. The van der Waals surface area contributed by atoms with E-state index in [2.05, 4.69) is 0 Å². The molecule has 0 saturated heterocycles. The number of aromatic nitrogens is 1. The third-order valence-corrected chi connectivity index (χ3v) is 2.15. The van der Waals surface area contributed by atoms with Crippen LogP contribution < -0.4 is 5.56 Å². The third-order valence-electron chi connectivity index (χ3n) is 2.15. The van der Waals surface area contributed by atoms with Gasteiger partial charge in [0.25, 0.3) is 5.56 Å². The fourth-order valence-corrected chi connectivity index (χ4v) is 1.34. The van der Waals surface area contributed by atoms with Crippen molar-refractivity contribution >= 4 is 5.97 Å². The Balaban J connectivity index is 2.30. The molecule has 0 atom stereocenters. The smallest absolute Gasteiger partial charge is 0.335 e. The van der Waals surface area contributed by atoms with Crippen molar-refractivity contribution in [2.45, 2.75) is 6.54 Å². The Hall–Kier alpha value is -2.30. The van der Waals surface area contributed by atoms with E-state index in [1.165, 1.54) is 23.1 Å². The second-order valence-electron chi connectivity index (χ2n) is 3.27. The maximum Gasteiger partial charge on any atom is 0.335 e. The van der Waals surface area contributed by atoms with Gasteiger partial charge in [0.05, 0.1) is 18.4 Å². The van der Waals surface area contributed by atoms with Crippen LogP contribution in [0.4, 0.5) is 0 Å². The van der Waals surface area contributed by atoms with Gasteiger partial charge in [0.15, 0.2) is 0 Å².